The lowest BCUT2D eigenvalue weighted by Crippen LogP contribution is -2.28. The maximum atomic E-state index is 14.0. The molecule has 2 aromatic carbocycles. The summed E-state index contributed by atoms with van der Waals surface area (Å²) in [5.41, 5.74) is 0.528. The van der Waals surface area contributed by atoms with Gasteiger partial charge in [0.25, 0.3) is 11.1 Å². The summed E-state index contributed by atoms with van der Waals surface area (Å²) in [6, 6.07) is 7.68. The molecule has 0 atom stereocenters. The number of carbonyl (C=O) groups excluding carboxylic acids is 2. The Morgan fingerprint density at radius 2 is 2.00 bits per heavy atom. The molecule has 1 fully saturated rings. The van der Waals surface area contributed by atoms with Gasteiger partial charge in [0, 0.05) is 19.7 Å². The second-order valence-electron chi connectivity index (χ2n) is 5.29. The van der Waals surface area contributed by atoms with Gasteiger partial charge in [0.15, 0.2) is 0 Å². The van der Waals surface area contributed by atoms with E-state index in [9.17, 15) is 19.1 Å². The van der Waals surface area contributed by atoms with Gasteiger partial charge in [-0.05, 0) is 87.3 Å². The van der Waals surface area contributed by atoms with Gasteiger partial charge in [-0.25, -0.2) is 4.39 Å². The van der Waals surface area contributed by atoms with Crippen LogP contribution in [0.3, 0.4) is 0 Å². The number of phenolic OH excluding ortho intramolecular Hbond substituents is 1. The van der Waals surface area contributed by atoms with Gasteiger partial charge in [-0.2, -0.15) is 0 Å². The quantitative estimate of drug-likeness (QED) is 0.360. The van der Waals surface area contributed by atoms with Crippen molar-refractivity contribution in [3.05, 3.63) is 64.3 Å². The summed E-state index contributed by atoms with van der Waals surface area (Å²) in [4.78, 5) is 25.9. The Morgan fingerprint density at radius 1 is 1.27 bits per heavy atom. The summed E-state index contributed by atoms with van der Waals surface area (Å²) in [5.74, 6) is -1.09. The number of hydrogen-bond acceptors (Lipinski definition) is 4. The number of thioether (sulfide) groups is 1. The Labute approximate surface area is 185 Å². The van der Waals surface area contributed by atoms with Crippen molar-refractivity contribution in [2.24, 2.45) is 0 Å². The lowest BCUT2D eigenvalue weighted by molar-refractivity contribution is -0.123. The third-order valence-electron chi connectivity index (χ3n) is 3.60. The fourth-order valence-corrected chi connectivity index (χ4v) is 5.26. The lowest BCUT2D eigenvalue weighted by Gasteiger charge is -2.14. The molecule has 4 nitrogen and oxygen atoms in total. The first kappa shape index (κ1) is 19.9. The zero-order valence-corrected chi connectivity index (χ0v) is 18.7. The number of amides is 2. The molecule has 0 radical (unpaired) electrons. The van der Waals surface area contributed by atoms with Crippen molar-refractivity contribution < 1.29 is 19.1 Å². The first-order valence-corrected chi connectivity index (χ1v) is 10.5. The van der Waals surface area contributed by atoms with Crippen LogP contribution in [-0.2, 0) is 11.3 Å². The number of phenols is 1. The minimum atomic E-state index is -0.578. The predicted molar refractivity (Wildman–Crippen MR) is 116 cm³/mol. The Kier molecular flexibility index (Phi) is 6.14. The fourth-order valence-electron chi connectivity index (χ4n) is 2.31. The molecule has 1 heterocycles. The molecular weight excluding hydrogens is 607 g/mol. The average Bonchev–Trinajstić information content (AvgIpc) is 2.82. The molecule has 2 amide bonds. The first-order chi connectivity index (χ1) is 12.3. The van der Waals surface area contributed by atoms with Crippen LogP contribution < -0.4 is 0 Å². The van der Waals surface area contributed by atoms with E-state index in [2.05, 4.69) is 22.6 Å². The highest BCUT2D eigenvalue weighted by molar-refractivity contribution is 14.1. The molecule has 1 saturated heterocycles. The van der Waals surface area contributed by atoms with E-state index in [-0.39, 0.29) is 27.8 Å². The van der Waals surface area contributed by atoms with Gasteiger partial charge in [0.05, 0.1) is 15.0 Å². The van der Waals surface area contributed by atoms with E-state index in [1.54, 1.807) is 12.1 Å². The standard InChI is InChI=1S/C17H9ClFI2NO3S/c18-11-2-1-3-12(19)10(11)7-22-16(24)14(26-17(22)25)5-8-4-9(20)6-13(21)15(8)23/h1-6,23H,7H2/b14-5-. The Bertz CT molecular complexity index is 947. The minimum absolute atomic E-state index is 0.0370. The Morgan fingerprint density at radius 3 is 2.69 bits per heavy atom. The van der Waals surface area contributed by atoms with E-state index < -0.39 is 17.0 Å². The van der Waals surface area contributed by atoms with Crippen molar-refractivity contribution in [1.82, 2.24) is 4.90 Å². The summed E-state index contributed by atoms with van der Waals surface area (Å²) >= 11 is 10.8. The zero-order chi connectivity index (χ0) is 19.0. The van der Waals surface area contributed by atoms with Crippen molar-refractivity contribution in [1.29, 1.82) is 0 Å². The van der Waals surface area contributed by atoms with Gasteiger partial charge in [0.1, 0.15) is 11.6 Å². The topological polar surface area (TPSA) is 57.6 Å². The molecular formula is C17H9ClFI2NO3S. The molecule has 0 bridgehead atoms. The van der Waals surface area contributed by atoms with Crippen LogP contribution in [0, 0.1) is 13.0 Å². The molecule has 1 N–H and O–H groups in total. The van der Waals surface area contributed by atoms with Crippen molar-refractivity contribution in [3.63, 3.8) is 0 Å². The minimum Gasteiger partial charge on any atom is -0.506 e. The van der Waals surface area contributed by atoms with Gasteiger partial charge < -0.3 is 5.11 Å². The fraction of sp³-hybridized carbons (Fsp3) is 0.0588. The number of rotatable bonds is 3. The number of carbonyl (C=O) groups is 2. The molecule has 0 aromatic heterocycles. The highest BCUT2D eigenvalue weighted by Crippen LogP contribution is 2.37. The Hall–Kier alpha value is -0.850. The van der Waals surface area contributed by atoms with Crippen LogP contribution >= 0.6 is 68.5 Å². The highest BCUT2D eigenvalue weighted by Gasteiger charge is 2.36. The number of aromatic hydroxyl groups is 1. The van der Waals surface area contributed by atoms with E-state index in [1.807, 2.05) is 22.6 Å². The van der Waals surface area contributed by atoms with Crippen LogP contribution in [0.1, 0.15) is 11.1 Å². The van der Waals surface area contributed by atoms with Crippen LogP contribution in [0.25, 0.3) is 6.08 Å². The molecule has 0 spiro atoms. The van der Waals surface area contributed by atoms with Crippen LogP contribution in [0.5, 0.6) is 5.75 Å². The highest BCUT2D eigenvalue weighted by atomic mass is 127. The molecule has 2 aromatic rings. The number of nitrogens with zero attached hydrogens (tertiary/aromatic N) is 1. The Balaban J connectivity index is 1.92. The van der Waals surface area contributed by atoms with Crippen LogP contribution in [0.2, 0.25) is 5.02 Å². The molecule has 0 aliphatic carbocycles. The van der Waals surface area contributed by atoms with Gasteiger partial charge in [-0.3, -0.25) is 14.5 Å². The molecule has 1 aliphatic rings. The summed E-state index contributed by atoms with van der Waals surface area (Å²) in [5, 5.41) is 9.80. The molecule has 26 heavy (non-hydrogen) atoms. The van der Waals surface area contributed by atoms with E-state index in [4.69, 9.17) is 11.6 Å². The van der Waals surface area contributed by atoms with E-state index in [1.165, 1.54) is 24.3 Å². The zero-order valence-electron chi connectivity index (χ0n) is 12.8. The molecule has 0 saturated carbocycles. The number of hydrogen-bond donors (Lipinski definition) is 1. The second-order valence-corrected chi connectivity index (χ2v) is 9.10. The lowest BCUT2D eigenvalue weighted by atomic mass is 10.1. The normalized spacial score (nSPS) is 16.0. The third-order valence-corrected chi connectivity index (χ3v) is 6.30. The molecule has 134 valence electrons. The monoisotopic (exact) mass is 615 g/mol. The number of halogens is 4. The molecule has 9 heteroatoms. The molecule has 0 unspecified atom stereocenters. The summed E-state index contributed by atoms with van der Waals surface area (Å²) in [7, 11) is 0. The van der Waals surface area contributed by atoms with Gasteiger partial charge in [0.2, 0.25) is 0 Å². The third kappa shape index (κ3) is 4.02. The predicted octanol–water partition coefficient (Wildman–Crippen LogP) is 5.63. The maximum Gasteiger partial charge on any atom is 0.293 e. The van der Waals surface area contributed by atoms with Crippen molar-refractivity contribution in [2.45, 2.75) is 6.54 Å². The summed E-state index contributed by atoms with van der Waals surface area (Å²) in [6.07, 6.45) is 1.47. The van der Waals surface area contributed by atoms with E-state index in [0.717, 1.165) is 20.2 Å². The smallest absolute Gasteiger partial charge is 0.293 e. The van der Waals surface area contributed by atoms with Gasteiger partial charge in [-0.1, -0.05) is 17.7 Å². The van der Waals surface area contributed by atoms with Crippen molar-refractivity contribution in [3.8, 4) is 5.75 Å². The van der Waals surface area contributed by atoms with Gasteiger partial charge in [-0.15, -0.1) is 0 Å². The van der Waals surface area contributed by atoms with Crippen LogP contribution in [0.4, 0.5) is 9.18 Å². The summed E-state index contributed by atoms with van der Waals surface area (Å²) < 4.78 is 15.5. The van der Waals surface area contributed by atoms with E-state index >= 15 is 0 Å². The number of imide groups is 1. The largest absolute Gasteiger partial charge is 0.506 e. The number of benzene rings is 2. The van der Waals surface area contributed by atoms with E-state index in [0.29, 0.717) is 9.13 Å². The second kappa shape index (κ2) is 8.03. The first-order valence-electron chi connectivity index (χ1n) is 7.14. The van der Waals surface area contributed by atoms with Crippen molar-refractivity contribution >= 4 is 85.8 Å². The average molecular weight is 616 g/mol. The van der Waals surface area contributed by atoms with Crippen LogP contribution in [0.15, 0.2) is 35.2 Å². The van der Waals surface area contributed by atoms with Gasteiger partial charge >= 0.3 is 0 Å². The molecule has 1 aliphatic heterocycles. The van der Waals surface area contributed by atoms with Crippen LogP contribution in [-0.4, -0.2) is 21.2 Å². The molecule has 3 rings (SSSR count). The maximum absolute atomic E-state index is 14.0. The van der Waals surface area contributed by atoms with Crippen molar-refractivity contribution in [2.75, 3.05) is 0 Å². The summed E-state index contributed by atoms with van der Waals surface area (Å²) in [6.45, 7) is -0.247. The SMILES string of the molecule is O=C1S/C(=C\c2cc(I)cc(I)c2O)C(=O)N1Cc1c(F)cccc1Cl.